The number of benzene rings is 2. The Morgan fingerprint density at radius 1 is 1.19 bits per heavy atom. The van der Waals surface area contributed by atoms with E-state index in [9.17, 15) is 10.2 Å². The number of phenols is 1. The van der Waals surface area contributed by atoms with E-state index in [4.69, 9.17) is 4.74 Å². The molecule has 0 saturated heterocycles. The number of aromatic hydroxyl groups is 1. The molecule has 0 saturated carbocycles. The zero-order valence-electron chi connectivity index (χ0n) is 12.3. The summed E-state index contributed by atoms with van der Waals surface area (Å²) >= 11 is 0. The number of hydrogen-bond acceptors (Lipinski definition) is 4. The Morgan fingerprint density at radius 2 is 1.95 bits per heavy atom. The van der Waals surface area contributed by atoms with Gasteiger partial charge in [0.25, 0.3) is 0 Å². The van der Waals surface area contributed by atoms with Gasteiger partial charge in [0.05, 0.1) is 13.2 Å². The van der Waals surface area contributed by atoms with E-state index in [0.717, 1.165) is 16.7 Å². The highest BCUT2D eigenvalue weighted by Crippen LogP contribution is 2.26. The minimum absolute atomic E-state index is 0.122. The predicted octanol–water partition coefficient (Wildman–Crippen LogP) is 2.53. The van der Waals surface area contributed by atoms with Gasteiger partial charge >= 0.3 is 0 Å². The molecule has 112 valence electrons. The molecule has 2 aromatic carbocycles. The van der Waals surface area contributed by atoms with Crippen LogP contribution < -0.4 is 10.1 Å². The Morgan fingerprint density at radius 3 is 2.62 bits per heavy atom. The summed E-state index contributed by atoms with van der Waals surface area (Å²) in [6, 6.07) is 13.1. The van der Waals surface area contributed by atoms with Crippen LogP contribution in [0.25, 0.3) is 0 Å². The summed E-state index contributed by atoms with van der Waals surface area (Å²) < 4.78 is 5.00. The highest BCUT2D eigenvalue weighted by atomic mass is 16.5. The van der Waals surface area contributed by atoms with Gasteiger partial charge in [-0.3, -0.25) is 0 Å². The van der Waals surface area contributed by atoms with E-state index in [1.165, 1.54) is 7.11 Å². The number of methoxy groups -OCH3 is 1. The summed E-state index contributed by atoms with van der Waals surface area (Å²) in [5, 5.41) is 23.1. The lowest BCUT2D eigenvalue weighted by molar-refractivity contribution is 0.173. The quantitative estimate of drug-likeness (QED) is 0.764. The van der Waals surface area contributed by atoms with Gasteiger partial charge in [0.15, 0.2) is 11.5 Å². The van der Waals surface area contributed by atoms with E-state index in [1.807, 2.05) is 37.3 Å². The molecule has 3 N–H and O–H groups in total. The molecule has 0 aliphatic rings. The van der Waals surface area contributed by atoms with E-state index < -0.39 is 6.10 Å². The standard InChI is InChI=1S/C17H21NO3/c1-12-5-3-4-6-14(12)16(20)11-18-10-13-7-8-17(21-2)15(19)9-13/h3-9,16,18-20H,10-11H2,1-2H3. The van der Waals surface area contributed by atoms with Crippen LogP contribution in [-0.4, -0.2) is 23.9 Å². The molecule has 0 amide bonds. The largest absolute Gasteiger partial charge is 0.504 e. The SMILES string of the molecule is COc1ccc(CNCC(O)c2ccccc2C)cc1O. The first kappa shape index (κ1) is 15.4. The molecule has 0 radical (unpaired) electrons. The molecule has 21 heavy (non-hydrogen) atoms. The van der Waals surface area contributed by atoms with Crippen LogP contribution in [0, 0.1) is 6.92 Å². The fourth-order valence-electron chi connectivity index (χ4n) is 2.27. The molecule has 4 nitrogen and oxygen atoms in total. The number of rotatable bonds is 6. The number of aryl methyl sites for hydroxylation is 1. The van der Waals surface area contributed by atoms with Crippen molar-refractivity contribution in [3.05, 3.63) is 59.2 Å². The minimum Gasteiger partial charge on any atom is -0.504 e. The third-order valence-corrected chi connectivity index (χ3v) is 3.46. The first-order chi connectivity index (χ1) is 10.1. The van der Waals surface area contributed by atoms with Gasteiger partial charge < -0.3 is 20.3 Å². The summed E-state index contributed by atoms with van der Waals surface area (Å²) in [6.07, 6.45) is -0.543. The molecule has 2 aromatic rings. The highest BCUT2D eigenvalue weighted by molar-refractivity contribution is 5.41. The van der Waals surface area contributed by atoms with Crippen molar-refractivity contribution in [1.82, 2.24) is 5.32 Å². The maximum atomic E-state index is 10.2. The lowest BCUT2D eigenvalue weighted by atomic mass is 10.0. The van der Waals surface area contributed by atoms with Crippen molar-refractivity contribution < 1.29 is 14.9 Å². The van der Waals surface area contributed by atoms with Gasteiger partial charge in [-0.1, -0.05) is 30.3 Å². The molecule has 0 bridgehead atoms. The zero-order valence-corrected chi connectivity index (χ0v) is 12.3. The Hall–Kier alpha value is -2.04. The fourth-order valence-corrected chi connectivity index (χ4v) is 2.27. The van der Waals surface area contributed by atoms with Gasteiger partial charge in [-0.05, 0) is 35.7 Å². The summed E-state index contributed by atoms with van der Waals surface area (Å²) in [6.45, 7) is 3.01. The summed E-state index contributed by atoms with van der Waals surface area (Å²) in [4.78, 5) is 0. The van der Waals surface area contributed by atoms with Crippen molar-refractivity contribution in [2.45, 2.75) is 19.6 Å². The summed E-state index contributed by atoms with van der Waals surface area (Å²) in [5.41, 5.74) is 2.95. The number of nitrogens with one attached hydrogen (secondary N) is 1. The van der Waals surface area contributed by atoms with Crippen LogP contribution in [0.5, 0.6) is 11.5 Å². The third kappa shape index (κ3) is 3.97. The maximum Gasteiger partial charge on any atom is 0.160 e. The molecular weight excluding hydrogens is 266 g/mol. The molecule has 0 fully saturated rings. The first-order valence-electron chi connectivity index (χ1n) is 6.92. The predicted molar refractivity (Wildman–Crippen MR) is 82.5 cm³/mol. The molecule has 0 aromatic heterocycles. The van der Waals surface area contributed by atoms with Crippen molar-refractivity contribution in [3.63, 3.8) is 0 Å². The topological polar surface area (TPSA) is 61.7 Å². The normalized spacial score (nSPS) is 12.1. The number of hydrogen-bond donors (Lipinski definition) is 3. The summed E-state index contributed by atoms with van der Waals surface area (Å²) in [7, 11) is 1.52. The van der Waals surface area contributed by atoms with Crippen LogP contribution in [0.1, 0.15) is 22.8 Å². The molecule has 1 unspecified atom stereocenters. The lowest BCUT2D eigenvalue weighted by Crippen LogP contribution is -2.21. The van der Waals surface area contributed by atoms with Crippen molar-refractivity contribution in [2.24, 2.45) is 0 Å². The van der Waals surface area contributed by atoms with Crippen LogP contribution in [0.2, 0.25) is 0 Å². The molecule has 0 heterocycles. The molecule has 0 spiro atoms. The first-order valence-corrected chi connectivity index (χ1v) is 6.92. The molecule has 1 atom stereocenters. The second-order valence-electron chi connectivity index (χ2n) is 5.01. The van der Waals surface area contributed by atoms with E-state index in [0.29, 0.717) is 18.8 Å². The fraction of sp³-hybridized carbons (Fsp3) is 0.294. The number of phenolic OH excluding ortho intramolecular Hbond substituents is 1. The van der Waals surface area contributed by atoms with Gasteiger partial charge in [0.2, 0.25) is 0 Å². The zero-order chi connectivity index (χ0) is 15.2. The van der Waals surface area contributed by atoms with Crippen LogP contribution in [0.3, 0.4) is 0 Å². The van der Waals surface area contributed by atoms with Crippen LogP contribution in [0.15, 0.2) is 42.5 Å². The Kier molecular flexibility index (Phi) is 5.20. The van der Waals surface area contributed by atoms with E-state index in [1.54, 1.807) is 12.1 Å². The minimum atomic E-state index is -0.543. The third-order valence-electron chi connectivity index (χ3n) is 3.46. The van der Waals surface area contributed by atoms with Crippen molar-refractivity contribution in [3.8, 4) is 11.5 Å². The Bertz CT molecular complexity index is 598. The lowest BCUT2D eigenvalue weighted by Gasteiger charge is -2.15. The average Bonchev–Trinajstić information content (AvgIpc) is 2.48. The van der Waals surface area contributed by atoms with Crippen molar-refractivity contribution in [2.75, 3.05) is 13.7 Å². The second kappa shape index (κ2) is 7.11. The molecule has 0 aliphatic heterocycles. The summed E-state index contributed by atoms with van der Waals surface area (Å²) in [5.74, 6) is 0.579. The average molecular weight is 287 g/mol. The number of aliphatic hydroxyl groups excluding tert-OH is 1. The van der Waals surface area contributed by atoms with Crippen LogP contribution in [-0.2, 0) is 6.54 Å². The van der Waals surface area contributed by atoms with Gasteiger partial charge in [0.1, 0.15) is 0 Å². The van der Waals surface area contributed by atoms with Gasteiger partial charge in [-0.2, -0.15) is 0 Å². The van der Waals surface area contributed by atoms with Crippen LogP contribution >= 0.6 is 0 Å². The van der Waals surface area contributed by atoms with E-state index >= 15 is 0 Å². The number of aliphatic hydroxyl groups is 1. The molecule has 2 rings (SSSR count). The molecule has 0 aliphatic carbocycles. The van der Waals surface area contributed by atoms with E-state index in [-0.39, 0.29) is 5.75 Å². The van der Waals surface area contributed by atoms with Gasteiger partial charge in [-0.15, -0.1) is 0 Å². The smallest absolute Gasteiger partial charge is 0.160 e. The van der Waals surface area contributed by atoms with Crippen LogP contribution in [0.4, 0.5) is 0 Å². The maximum absolute atomic E-state index is 10.2. The molecular formula is C17H21NO3. The van der Waals surface area contributed by atoms with E-state index in [2.05, 4.69) is 5.32 Å². The van der Waals surface area contributed by atoms with Crippen molar-refractivity contribution >= 4 is 0 Å². The second-order valence-corrected chi connectivity index (χ2v) is 5.01. The van der Waals surface area contributed by atoms with Gasteiger partial charge in [-0.25, -0.2) is 0 Å². The Balaban J connectivity index is 1.89. The Labute approximate surface area is 125 Å². The van der Waals surface area contributed by atoms with Gasteiger partial charge in [0, 0.05) is 13.1 Å². The molecule has 4 heteroatoms. The highest BCUT2D eigenvalue weighted by Gasteiger charge is 2.09. The monoisotopic (exact) mass is 287 g/mol. The van der Waals surface area contributed by atoms with Crippen molar-refractivity contribution in [1.29, 1.82) is 0 Å². The number of ether oxygens (including phenoxy) is 1.